The summed E-state index contributed by atoms with van der Waals surface area (Å²) in [4.78, 5) is 55.2. The van der Waals surface area contributed by atoms with E-state index in [0.717, 1.165) is 49.1 Å². The van der Waals surface area contributed by atoms with E-state index in [2.05, 4.69) is 5.32 Å². The summed E-state index contributed by atoms with van der Waals surface area (Å²) in [6.07, 6.45) is 3.32. The van der Waals surface area contributed by atoms with Crippen LogP contribution in [-0.2, 0) is 16.6 Å². The number of carbonyl (C=O) groups excluding carboxylic acids is 3. The maximum Gasteiger partial charge on any atom is 0.407 e. The van der Waals surface area contributed by atoms with E-state index in [-0.39, 0.29) is 43.9 Å². The molecule has 0 unspecified atom stereocenters. The fourth-order valence-corrected chi connectivity index (χ4v) is 5.49. The third-order valence-electron chi connectivity index (χ3n) is 8.13. The molecule has 2 heterocycles. The third kappa shape index (κ3) is 5.84. The molecule has 0 bridgehead atoms. The number of piperazine rings is 1. The standard InChI is InChI=1S/C27H35F2N5O5/c1-16(31(2)27(38)39)24(35)30-23(17-7-5-4-6-8-17)26(37)34-11-9-33(10-12-34)25(36)22-14-18-13-19(28)20(29)15-21(18)32(22)3/h13-17,23H,4-12H2,1-3H3,(H,30,35)(H,38,39)/t16-,23-/m0/s1. The maximum atomic E-state index is 13.7. The Morgan fingerprint density at radius 3 is 2.18 bits per heavy atom. The van der Waals surface area contributed by atoms with Gasteiger partial charge in [0.15, 0.2) is 11.6 Å². The lowest BCUT2D eigenvalue weighted by Gasteiger charge is -2.39. The van der Waals surface area contributed by atoms with Crippen molar-refractivity contribution in [1.82, 2.24) is 24.6 Å². The fraction of sp³-hybridized carbons (Fsp3) is 0.556. The maximum absolute atomic E-state index is 13.7. The van der Waals surface area contributed by atoms with Crippen LogP contribution in [0, 0.1) is 17.6 Å². The number of fused-ring (bicyclic) bond motifs is 1. The number of nitrogens with zero attached hydrogens (tertiary/aromatic N) is 4. The zero-order valence-electron chi connectivity index (χ0n) is 22.5. The average Bonchev–Trinajstić information content (AvgIpc) is 3.25. The van der Waals surface area contributed by atoms with Crippen LogP contribution in [0.5, 0.6) is 0 Å². The van der Waals surface area contributed by atoms with Gasteiger partial charge in [0.1, 0.15) is 17.8 Å². The summed E-state index contributed by atoms with van der Waals surface area (Å²) in [6, 6.07) is 1.92. The van der Waals surface area contributed by atoms with Crippen LogP contribution in [0.15, 0.2) is 18.2 Å². The third-order valence-corrected chi connectivity index (χ3v) is 8.13. The number of rotatable bonds is 6. The quantitative estimate of drug-likeness (QED) is 0.577. The van der Waals surface area contributed by atoms with E-state index in [1.807, 2.05) is 0 Å². The fourth-order valence-electron chi connectivity index (χ4n) is 5.49. The molecule has 1 aromatic heterocycles. The molecule has 12 heteroatoms. The average molecular weight is 548 g/mol. The first kappa shape index (κ1) is 28.3. The van der Waals surface area contributed by atoms with Gasteiger partial charge >= 0.3 is 6.09 Å². The Kier molecular flexibility index (Phi) is 8.41. The molecule has 212 valence electrons. The zero-order chi connectivity index (χ0) is 28.4. The summed E-state index contributed by atoms with van der Waals surface area (Å²) >= 11 is 0. The van der Waals surface area contributed by atoms with E-state index in [9.17, 15) is 33.1 Å². The molecule has 39 heavy (non-hydrogen) atoms. The first-order chi connectivity index (χ1) is 18.5. The number of carbonyl (C=O) groups is 4. The van der Waals surface area contributed by atoms with Crippen LogP contribution in [0.4, 0.5) is 13.6 Å². The number of amides is 4. The number of benzene rings is 1. The van der Waals surface area contributed by atoms with E-state index >= 15 is 0 Å². The SMILES string of the molecule is C[C@@H](C(=O)N[C@H](C(=O)N1CCN(C(=O)c2cc3cc(F)c(F)cc3n2C)CC1)C1CCCCC1)N(C)C(=O)O. The molecular formula is C27H35F2N5O5. The molecule has 0 radical (unpaired) electrons. The van der Waals surface area contributed by atoms with E-state index in [4.69, 9.17) is 0 Å². The van der Waals surface area contributed by atoms with Crippen LogP contribution in [-0.4, -0.2) is 93.5 Å². The van der Waals surface area contributed by atoms with Crippen molar-refractivity contribution < 1.29 is 33.1 Å². The molecule has 0 spiro atoms. The molecule has 2 N–H and O–H groups in total. The number of aromatic nitrogens is 1. The first-order valence-electron chi connectivity index (χ1n) is 13.3. The van der Waals surface area contributed by atoms with Gasteiger partial charge in [0, 0.05) is 51.7 Å². The second-order valence-corrected chi connectivity index (χ2v) is 10.5. The lowest BCUT2D eigenvalue weighted by Crippen LogP contribution is -2.59. The summed E-state index contributed by atoms with van der Waals surface area (Å²) in [5.74, 6) is -3.08. The summed E-state index contributed by atoms with van der Waals surface area (Å²) in [7, 11) is 2.93. The number of hydrogen-bond acceptors (Lipinski definition) is 4. The van der Waals surface area contributed by atoms with Crippen molar-refractivity contribution in [3.05, 3.63) is 35.5 Å². The molecule has 2 fully saturated rings. The molecule has 4 rings (SSSR count). The summed E-state index contributed by atoms with van der Waals surface area (Å²) < 4.78 is 29.0. The predicted molar refractivity (Wildman–Crippen MR) is 139 cm³/mol. The molecule has 1 saturated heterocycles. The zero-order valence-corrected chi connectivity index (χ0v) is 22.5. The predicted octanol–water partition coefficient (Wildman–Crippen LogP) is 2.80. The van der Waals surface area contributed by atoms with Crippen LogP contribution >= 0.6 is 0 Å². The Labute approximate surface area is 225 Å². The van der Waals surface area contributed by atoms with Gasteiger partial charge in [-0.1, -0.05) is 19.3 Å². The van der Waals surface area contributed by atoms with Crippen molar-refractivity contribution in [1.29, 1.82) is 0 Å². The molecule has 2 atom stereocenters. The minimum Gasteiger partial charge on any atom is -0.465 e. The van der Waals surface area contributed by atoms with Gasteiger partial charge in [-0.25, -0.2) is 13.6 Å². The van der Waals surface area contributed by atoms with Crippen molar-refractivity contribution in [2.24, 2.45) is 13.0 Å². The number of likely N-dealkylation sites (N-methyl/N-ethyl adjacent to an activating group) is 1. The highest BCUT2D eigenvalue weighted by Gasteiger charge is 2.37. The smallest absolute Gasteiger partial charge is 0.407 e. The van der Waals surface area contributed by atoms with Gasteiger partial charge in [-0.15, -0.1) is 0 Å². The number of hydrogen-bond donors (Lipinski definition) is 2. The highest BCUT2D eigenvalue weighted by molar-refractivity contribution is 5.99. The molecule has 4 amide bonds. The topological polar surface area (TPSA) is 115 Å². The van der Waals surface area contributed by atoms with Crippen molar-refractivity contribution in [2.45, 2.75) is 51.1 Å². The summed E-state index contributed by atoms with van der Waals surface area (Å²) in [6.45, 7) is 2.53. The van der Waals surface area contributed by atoms with Crippen LogP contribution in [0.25, 0.3) is 10.9 Å². The first-order valence-corrected chi connectivity index (χ1v) is 13.3. The number of nitrogens with one attached hydrogen (secondary N) is 1. The lowest BCUT2D eigenvalue weighted by molar-refractivity contribution is -0.140. The second-order valence-electron chi connectivity index (χ2n) is 10.5. The highest BCUT2D eigenvalue weighted by atomic mass is 19.2. The Bertz CT molecular complexity index is 1270. The summed E-state index contributed by atoms with van der Waals surface area (Å²) in [5.41, 5.74) is 0.693. The van der Waals surface area contributed by atoms with Gasteiger partial charge in [0.2, 0.25) is 11.8 Å². The monoisotopic (exact) mass is 547 g/mol. The van der Waals surface area contributed by atoms with E-state index in [0.29, 0.717) is 16.6 Å². The van der Waals surface area contributed by atoms with Crippen molar-refractivity contribution >= 4 is 34.7 Å². The minimum absolute atomic E-state index is 0.0474. The van der Waals surface area contributed by atoms with E-state index < -0.39 is 35.7 Å². The Morgan fingerprint density at radius 1 is 0.974 bits per heavy atom. The van der Waals surface area contributed by atoms with Crippen molar-refractivity contribution in [3.63, 3.8) is 0 Å². The van der Waals surface area contributed by atoms with E-state index in [1.165, 1.54) is 24.6 Å². The normalized spacial score (nSPS) is 18.1. The summed E-state index contributed by atoms with van der Waals surface area (Å²) in [5, 5.41) is 12.5. The minimum atomic E-state index is -1.24. The molecule has 1 aliphatic carbocycles. The molecule has 1 saturated carbocycles. The van der Waals surface area contributed by atoms with Gasteiger partial charge in [-0.05, 0) is 37.8 Å². The van der Waals surface area contributed by atoms with Crippen LogP contribution < -0.4 is 5.32 Å². The molecular weight excluding hydrogens is 512 g/mol. The van der Waals surface area contributed by atoms with Gasteiger partial charge in [0.05, 0.1) is 5.52 Å². The van der Waals surface area contributed by atoms with E-state index in [1.54, 1.807) is 16.8 Å². The number of aryl methyl sites for hydroxylation is 1. The Hall–Kier alpha value is -3.70. The largest absolute Gasteiger partial charge is 0.465 e. The molecule has 10 nitrogen and oxygen atoms in total. The van der Waals surface area contributed by atoms with Crippen molar-refractivity contribution in [2.75, 3.05) is 33.2 Å². The highest BCUT2D eigenvalue weighted by Crippen LogP contribution is 2.28. The van der Waals surface area contributed by atoms with Crippen molar-refractivity contribution in [3.8, 4) is 0 Å². The number of halogens is 2. The Balaban J connectivity index is 1.44. The number of carboxylic acid groups (broad SMARTS) is 1. The van der Waals surface area contributed by atoms with Crippen LogP contribution in [0.2, 0.25) is 0 Å². The molecule has 2 aromatic rings. The molecule has 2 aliphatic rings. The van der Waals surface area contributed by atoms with Gasteiger partial charge in [-0.2, -0.15) is 0 Å². The van der Waals surface area contributed by atoms with Gasteiger partial charge in [-0.3, -0.25) is 19.3 Å². The molecule has 1 aliphatic heterocycles. The Morgan fingerprint density at radius 2 is 1.56 bits per heavy atom. The van der Waals surface area contributed by atoms with Crippen LogP contribution in [0.1, 0.15) is 49.5 Å². The van der Waals surface area contributed by atoms with Gasteiger partial charge in [0.25, 0.3) is 5.91 Å². The molecule has 1 aromatic carbocycles. The second kappa shape index (κ2) is 11.6. The van der Waals surface area contributed by atoms with Crippen LogP contribution in [0.3, 0.4) is 0 Å². The van der Waals surface area contributed by atoms with Gasteiger partial charge < -0.3 is 24.8 Å². The lowest BCUT2D eigenvalue weighted by atomic mass is 9.83.